The molecule has 0 bridgehead atoms. The lowest BCUT2D eigenvalue weighted by Crippen LogP contribution is -2.48. The zero-order chi connectivity index (χ0) is 19.8. The maximum Gasteiger partial charge on any atom is 0.416 e. The molecule has 1 aliphatic heterocycles. The molecule has 2 heterocycles. The monoisotopic (exact) mass is 381 g/mol. The lowest BCUT2D eigenvalue weighted by Gasteiger charge is -2.32. The number of carbonyl (C=O) groups excluding carboxylic acids is 1. The van der Waals surface area contributed by atoms with Gasteiger partial charge in [-0.05, 0) is 44.4 Å². The van der Waals surface area contributed by atoms with E-state index in [0.717, 1.165) is 18.6 Å². The number of nitrogens with zero attached hydrogens (tertiary/aromatic N) is 3. The molecule has 1 aliphatic rings. The molecule has 2 aromatic rings. The topological polar surface area (TPSA) is 75.4 Å². The molecule has 1 aromatic heterocycles. The van der Waals surface area contributed by atoms with Crippen LogP contribution >= 0.6 is 0 Å². The minimum Gasteiger partial charge on any atom is -0.480 e. The summed E-state index contributed by atoms with van der Waals surface area (Å²) in [5.41, 5.74) is -0.103. The van der Waals surface area contributed by atoms with Crippen LogP contribution in [0.25, 0.3) is 5.69 Å². The SMILES string of the molecule is Cc1c(C(=O)N2CCCCC2C(=O)O)cnn1-c1cccc(C(F)(F)F)c1. The van der Waals surface area contributed by atoms with Crippen LogP contribution in [0.3, 0.4) is 0 Å². The van der Waals surface area contributed by atoms with Crippen molar-refractivity contribution in [2.45, 2.75) is 38.4 Å². The Morgan fingerprint density at radius 1 is 1.26 bits per heavy atom. The summed E-state index contributed by atoms with van der Waals surface area (Å²) in [5.74, 6) is -1.54. The van der Waals surface area contributed by atoms with Crippen LogP contribution in [-0.2, 0) is 11.0 Å². The van der Waals surface area contributed by atoms with Crippen molar-refractivity contribution in [3.8, 4) is 5.69 Å². The van der Waals surface area contributed by atoms with Crippen molar-refractivity contribution < 1.29 is 27.9 Å². The summed E-state index contributed by atoms with van der Waals surface area (Å²) in [5, 5.41) is 13.4. The quantitative estimate of drug-likeness (QED) is 0.885. The molecule has 1 N–H and O–H groups in total. The molecule has 1 saturated heterocycles. The van der Waals surface area contributed by atoms with Crippen molar-refractivity contribution in [1.29, 1.82) is 0 Å². The number of aliphatic carboxylic acids is 1. The Labute approximate surface area is 153 Å². The Balaban J connectivity index is 1.94. The smallest absolute Gasteiger partial charge is 0.416 e. The molecule has 0 radical (unpaired) electrons. The maximum atomic E-state index is 12.9. The van der Waals surface area contributed by atoms with E-state index in [4.69, 9.17) is 0 Å². The number of carboxylic acids is 1. The van der Waals surface area contributed by atoms with Crippen LogP contribution in [0.2, 0.25) is 0 Å². The van der Waals surface area contributed by atoms with Crippen molar-refractivity contribution >= 4 is 11.9 Å². The van der Waals surface area contributed by atoms with Gasteiger partial charge in [0.1, 0.15) is 6.04 Å². The average Bonchev–Trinajstić information content (AvgIpc) is 3.02. The standard InChI is InChI=1S/C18H18F3N3O3/c1-11-14(16(25)23-8-3-2-7-15(23)17(26)27)10-22-24(11)13-6-4-5-12(9-13)18(19,20)21/h4-6,9-10,15H,2-3,7-8H2,1H3,(H,26,27). The van der Waals surface area contributed by atoms with Gasteiger partial charge in [-0.15, -0.1) is 0 Å². The molecule has 1 unspecified atom stereocenters. The summed E-state index contributed by atoms with van der Waals surface area (Å²) < 4.78 is 40.1. The largest absolute Gasteiger partial charge is 0.480 e. The van der Waals surface area contributed by atoms with Gasteiger partial charge < -0.3 is 10.0 Å². The zero-order valence-corrected chi connectivity index (χ0v) is 14.5. The fraction of sp³-hybridized carbons (Fsp3) is 0.389. The summed E-state index contributed by atoms with van der Waals surface area (Å²) in [6.45, 7) is 1.89. The van der Waals surface area contributed by atoms with E-state index in [1.165, 1.54) is 27.9 Å². The van der Waals surface area contributed by atoms with Crippen molar-refractivity contribution in [1.82, 2.24) is 14.7 Å². The average molecular weight is 381 g/mol. The summed E-state index contributed by atoms with van der Waals surface area (Å²) in [4.78, 5) is 25.6. The van der Waals surface area contributed by atoms with Gasteiger partial charge in [0.15, 0.2) is 0 Å². The van der Waals surface area contributed by atoms with Gasteiger partial charge in [-0.2, -0.15) is 18.3 Å². The lowest BCUT2D eigenvalue weighted by atomic mass is 10.0. The second kappa shape index (κ2) is 7.05. The van der Waals surface area contributed by atoms with Crippen molar-refractivity contribution in [2.75, 3.05) is 6.54 Å². The number of rotatable bonds is 3. The van der Waals surface area contributed by atoms with Gasteiger partial charge in [-0.1, -0.05) is 6.07 Å². The number of alkyl halides is 3. The summed E-state index contributed by atoms with van der Waals surface area (Å²) in [6, 6.07) is 3.74. The molecule has 1 fully saturated rings. The highest BCUT2D eigenvalue weighted by Crippen LogP contribution is 2.31. The molecule has 0 aliphatic carbocycles. The van der Waals surface area contributed by atoms with E-state index in [1.807, 2.05) is 0 Å². The Morgan fingerprint density at radius 2 is 2.00 bits per heavy atom. The van der Waals surface area contributed by atoms with Gasteiger partial charge in [0.2, 0.25) is 0 Å². The van der Waals surface area contributed by atoms with Gasteiger partial charge in [0.05, 0.1) is 28.7 Å². The normalized spacial score (nSPS) is 17.8. The van der Waals surface area contributed by atoms with E-state index in [-0.39, 0.29) is 11.3 Å². The highest BCUT2D eigenvalue weighted by atomic mass is 19.4. The van der Waals surface area contributed by atoms with Crippen molar-refractivity contribution in [3.63, 3.8) is 0 Å². The van der Waals surface area contributed by atoms with Gasteiger partial charge in [0, 0.05) is 6.54 Å². The van der Waals surface area contributed by atoms with Crippen LogP contribution in [-0.4, -0.2) is 44.3 Å². The molecule has 0 spiro atoms. The zero-order valence-electron chi connectivity index (χ0n) is 14.5. The van der Waals surface area contributed by atoms with Crippen LogP contribution in [0.4, 0.5) is 13.2 Å². The van der Waals surface area contributed by atoms with Gasteiger partial charge in [-0.25, -0.2) is 9.48 Å². The van der Waals surface area contributed by atoms with Crippen molar-refractivity contribution in [3.05, 3.63) is 47.3 Å². The lowest BCUT2D eigenvalue weighted by molar-refractivity contribution is -0.143. The van der Waals surface area contributed by atoms with Crippen molar-refractivity contribution in [2.24, 2.45) is 0 Å². The molecule has 6 nitrogen and oxygen atoms in total. The summed E-state index contributed by atoms with van der Waals surface area (Å²) >= 11 is 0. The molecular formula is C18H18F3N3O3. The number of hydrogen-bond donors (Lipinski definition) is 1. The van der Waals surface area contributed by atoms with Crippen LogP contribution in [0, 0.1) is 6.92 Å². The minimum atomic E-state index is -4.49. The molecule has 1 amide bonds. The van der Waals surface area contributed by atoms with Crippen LogP contribution in [0.5, 0.6) is 0 Å². The fourth-order valence-electron chi connectivity index (χ4n) is 3.28. The third-order valence-electron chi connectivity index (χ3n) is 4.71. The fourth-order valence-corrected chi connectivity index (χ4v) is 3.28. The summed E-state index contributed by atoms with van der Waals surface area (Å²) in [7, 11) is 0. The maximum absolute atomic E-state index is 12.9. The molecule has 3 rings (SSSR count). The molecule has 27 heavy (non-hydrogen) atoms. The number of piperidine rings is 1. The Bertz CT molecular complexity index is 876. The minimum absolute atomic E-state index is 0.176. The molecule has 1 aromatic carbocycles. The van der Waals surface area contributed by atoms with Gasteiger partial charge in [0.25, 0.3) is 5.91 Å². The Kier molecular flexibility index (Phi) is 4.95. The molecule has 9 heteroatoms. The number of carboxylic acid groups (broad SMARTS) is 1. The predicted molar refractivity (Wildman–Crippen MR) is 89.6 cm³/mol. The third kappa shape index (κ3) is 3.67. The molecule has 0 saturated carbocycles. The first kappa shape index (κ1) is 18.9. The summed E-state index contributed by atoms with van der Waals surface area (Å²) in [6.07, 6.45) is -1.41. The highest BCUT2D eigenvalue weighted by Gasteiger charge is 2.34. The van der Waals surface area contributed by atoms with E-state index >= 15 is 0 Å². The predicted octanol–water partition coefficient (Wildman–Crippen LogP) is 3.28. The first-order valence-corrected chi connectivity index (χ1v) is 8.46. The van der Waals surface area contributed by atoms with E-state index in [9.17, 15) is 27.9 Å². The third-order valence-corrected chi connectivity index (χ3v) is 4.71. The van der Waals surface area contributed by atoms with E-state index in [2.05, 4.69) is 5.10 Å². The first-order chi connectivity index (χ1) is 12.7. The highest BCUT2D eigenvalue weighted by molar-refractivity contribution is 5.97. The van der Waals surface area contributed by atoms with Gasteiger partial charge in [-0.3, -0.25) is 4.79 Å². The van der Waals surface area contributed by atoms with E-state index in [0.29, 0.717) is 25.1 Å². The number of halogens is 3. The molecule has 1 atom stereocenters. The van der Waals surface area contributed by atoms with E-state index in [1.54, 1.807) is 6.92 Å². The number of likely N-dealkylation sites (tertiary alicyclic amines) is 1. The van der Waals surface area contributed by atoms with Gasteiger partial charge >= 0.3 is 12.1 Å². The molecule has 144 valence electrons. The molecular weight excluding hydrogens is 363 g/mol. The number of hydrogen-bond acceptors (Lipinski definition) is 3. The second-order valence-electron chi connectivity index (χ2n) is 6.45. The number of carbonyl (C=O) groups is 2. The Morgan fingerprint density at radius 3 is 2.67 bits per heavy atom. The number of amides is 1. The van der Waals surface area contributed by atoms with Crippen LogP contribution in [0.15, 0.2) is 30.5 Å². The van der Waals surface area contributed by atoms with Crippen LogP contribution in [0.1, 0.15) is 40.9 Å². The second-order valence-corrected chi connectivity index (χ2v) is 6.45. The Hall–Kier alpha value is -2.84. The first-order valence-electron chi connectivity index (χ1n) is 8.46. The number of aromatic nitrogens is 2. The van der Waals surface area contributed by atoms with E-state index < -0.39 is 29.7 Å². The van der Waals surface area contributed by atoms with Crippen LogP contribution < -0.4 is 0 Å². The number of benzene rings is 1.